The van der Waals surface area contributed by atoms with E-state index in [4.69, 9.17) is 0 Å². The first-order valence-corrected chi connectivity index (χ1v) is 6.63. The van der Waals surface area contributed by atoms with E-state index in [1.165, 1.54) is 30.7 Å². The van der Waals surface area contributed by atoms with Crippen molar-refractivity contribution in [2.75, 3.05) is 12.5 Å². The van der Waals surface area contributed by atoms with Crippen molar-refractivity contribution in [3.05, 3.63) is 28.5 Å². The molecule has 1 aromatic carbocycles. The van der Waals surface area contributed by atoms with Crippen LogP contribution in [0.2, 0.25) is 0 Å². The van der Waals surface area contributed by atoms with Gasteiger partial charge in [-0.1, -0.05) is 0 Å². The summed E-state index contributed by atoms with van der Waals surface area (Å²) in [4.78, 5) is 0. The van der Waals surface area contributed by atoms with E-state index in [1.54, 1.807) is 0 Å². The highest BCUT2D eigenvalue weighted by Gasteiger charge is 2.00. The maximum absolute atomic E-state index is 12.8. The van der Waals surface area contributed by atoms with Crippen molar-refractivity contribution in [3.63, 3.8) is 0 Å². The Hall–Kier alpha value is -0.420. The molecule has 0 amide bonds. The molecule has 0 saturated carbocycles. The zero-order valence-electron chi connectivity index (χ0n) is 7.25. The van der Waals surface area contributed by atoms with Gasteiger partial charge >= 0.3 is 0 Å². The summed E-state index contributed by atoms with van der Waals surface area (Å²) in [5.41, 5.74) is 0.517. The van der Waals surface area contributed by atoms with Crippen molar-refractivity contribution in [2.24, 2.45) is 4.36 Å². The number of halogens is 2. The molecule has 0 saturated heterocycles. The van der Waals surface area contributed by atoms with Gasteiger partial charge < -0.3 is 0 Å². The molecule has 1 rings (SSSR count). The van der Waals surface area contributed by atoms with Crippen molar-refractivity contribution in [2.45, 2.75) is 0 Å². The van der Waals surface area contributed by atoms with Crippen LogP contribution >= 0.6 is 15.9 Å². The highest BCUT2D eigenvalue weighted by Crippen LogP contribution is 2.22. The predicted molar refractivity (Wildman–Crippen MR) is 56.2 cm³/mol. The van der Waals surface area contributed by atoms with Crippen molar-refractivity contribution < 1.29 is 8.60 Å². The number of nitrogens with zero attached hydrogens (tertiary/aromatic N) is 1. The minimum Gasteiger partial charge on any atom is -0.250 e. The normalized spacial score (nSPS) is 11.4. The SMILES string of the molecule is CS(C)(=O)=Nc1ccc(F)c(Br)c1. The van der Waals surface area contributed by atoms with Crippen LogP contribution in [0.1, 0.15) is 0 Å². The van der Waals surface area contributed by atoms with E-state index in [9.17, 15) is 8.60 Å². The van der Waals surface area contributed by atoms with Crippen molar-refractivity contribution in [3.8, 4) is 0 Å². The van der Waals surface area contributed by atoms with Gasteiger partial charge in [-0.25, -0.2) is 8.60 Å². The van der Waals surface area contributed by atoms with Crippen LogP contribution in [0.5, 0.6) is 0 Å². The fraction of sp³-hybridized carbons (Fsp3) is 0.250. The molecule has 2 nitrogen and oxygen atoms in total. The van der Waals surface area contributed by atoms with Gasteiger partial charge in [0.15, 0.2) is 0 Å². The molecule has 0 atom stereocenters. The Kier molecular flexibility index (Phi) is 3.08. The summed E-state index contributed by atoms with van der Waals surface area (Å²) in [7, 11) is -2.18. The second-order valence-electron chi connectivity index (χ2n) is 2.87. The molecule has 0 aliphatic carbocycles. The molecule has 5 heteroatoms. The third kappa shape index (κ3) is 3.44. The minimum absolute atomic E-state index is 0.331. The Bertz CT molecular complexity index is 430. The topological polar surface area (TPSA) is 29.4 Å². The summed E-state index contributed by atoms with van der Waals surface area (Å²) >= 11 is 3.03. The molecule has 1 aromatic rings. The maximum Gasteiger partial charge on any atom is 0.137 e. The number of rotatable bonds is 1. The van der Waals surface area contributed by atoms with E-state index in [2.05, 4.69) is 20.3 Å². The second kappa shape index (κ2) is 3.75. The van der Waals surface area contributed by atoms with Gasteiger partial charge in [-0.15, -0.1) is 0 Å². The molecule has 0 spiro atoms. The standard InChI is InChI=1S/C8H9BrFNOS/c1-13(2,12)11-6-3-4-8(10)7(9)5-6/h3-5H,1-2H3. The van der Waals surface area contributed by atoms with Gasteiger partial charge in [-0.05, 0) is 34.1 Å². The van der Waals surface area contributed by atoms with Gasteiger partial charge in [-0.3, -0.25) is 0 Å². The molecule has 0 radical (unpaired) electrons. The molecule has 72 valence electrons. The van der Waals surface area contributed by atoms with Crippen LogP contribution in [0.3, 0.4) is 0 Å². The smallest absolute Gasteiger partial charge is 0.137 e. The zero-order chi connectivity index (χ0) is 10.1. The lowest BCUT2D eigenvalue weighted by Gasteiger charge is -1.98. The van der Waals surface area contributed by atoms with Crippen LogP contribution in [0.25, 0.3) is 0 Å². The lowest BCUT2D eigenvalue weighted by Crippen LogP contribution is -1.89. The monoisotopic (exact) mass is 265 g/mol. The lowest BCUT2D eigenvalue weighted by molar-refractivity contribution is 0.621. The molecule has 0 heterocycles. The second-order valence-corrected chi connectivity index (χ2v) is 6.27. The van der Waals surface area contributed by atoms with E-state index in [-0.39, 0.29) is 5.82 Å². The average molecular weight is 266 g/mol. The summed E-state index contributed by atoms with van der Waals surface area (Å²) in [6, 6.07) is 4.28. The molecular weight excluding hydrogens is 257 g/mol. The van der Waals surface area contributed by atoms with Crippen molar-refractivity contribution >= 4 is 31.3 Å². The van der Waals surface area contributed by atoms with Gasteiger partial charge in [0.25, 0.3) is 0 Å². The van der Waals surface area contributed by atoms with Gasteiger partial charge in [0.1, 0.15) is 5.82 Å². The van der Waals surface area contributed by atoms with E-state index in [0.29, 0.717) is 10.2 Å². The Balaban J connectivity index is 3.21. The third-order valence-electron chi connectivity index (χ3n) is 1.23. The molecule has 0 aliphatic rings. The molecule has 0 fully saturated rings. The van der Waals surface area contributed by atoms with E-state index < -0.39 is 9.73 Å². The third-order valence-corrected chi connectivity index (χ3v) is 2.49. The lowest BCUT2D eigenvalue weighted by atomic mass is 10.3. The first kappa shape index (κ1) is 10.7. The Morgan fingerprint density at radius 2 is 2.08 bits per heavy atom. The van der Waals surface area contributed by atoms with Crippen molar-refractivity contribution in [1.29, 1.82) is 0 Å². The maximum atomic E-state index is 12.8. The van der Waals surface area contributed by atoms with Crippen LogP contribution < -0.4 is 0 Å². The largest absolute Gasteiger partial charge is 0.250 e. The summed E-state index contributed by atoms with van der Waals surface area (Å²) in [5, 5.41) is 0. The highest BCUT2D eigenvalue weighted by atomic mass is 79.9. The fourth-order valence-electron chi connectivity index (χ4n) is 0.796. The van der Waals surface area contributed by atoms with Gasteiger partial charge in [0.05, 0.1) is 10.2 Å². The van der Waals surface area contributed by atoms with Crippen molar-refractivity contribution in [1.82, 2.24) is 0 Å². The zero-order valence-corrected chi connectivity index (χ0v) is 9.65. The quantitative estimate of drug-likeness (QED) is 0.768. The molecular formula is C8H9BrFNOS. The molecule has 0 unspecified atom stereocenters. The van der Waals surface area contributed by atoms with Gasteiger partial charge in [0.2, 0.25) is 0 Å². The Morgan fingerprint density at radius 1 is 1.46 bits per heavy atom. The van der Waals surface area contributed by atoms with Crippen LogP contribution in [0, 0.1) is 5.82 Å². The van der Waals surface area contributed by atoms with Gasteiger partial charge in [0, 0.05) is 22.2 Å². The van der Waals surface area contributed by atoms with Crippen LogP contribution in [0.4, 0.5) is 10.1 Å². The van der Waals surface area contributed by atoms with Gasteiger partial charge in [-0.2, -0.15) is 4.36 Å². The number of hydrogen-bond acceptors (Lipinski definition) is 2. The van der Waals surface area contributed by atoms with Crippen LogP contribution in [-0.2, 0) is 9.73 Å². The summed E-state index contributed by atoms with van der Waals surface area (Å²) in [5.74, 6) is -0.349. The summed E-state index contributed by atoms with van der Waals surface area (Å²) in [6.45, 7) is 0. The average Bonchev–Trinajstić information content (AvgIpc) is 1.94. The molecule has 13 heavy (non-hydrogen) atoms. The molecule has 0 aliphatic heterocycles. The first-order valence-electron chi connectivity index (χ1n) is 3.51. The minimum atomic E-state index is -2.18. The first-order chi connectivity index (χ1) is 5.88. The van der Waals surface area contributed by atoms with E-state index in [0.717, 1.165) is 0 Å². The number of hydrogen-bond donors (Lipinski definition) is 0. The Morgan fingerprint density at radius 3 is 2.54 bits per heavy atom. The molecule has 0 bridgehead atoms. The summed E-state index contributed by atoms with van der Waals surface area (Å²) in [6.07, 6.45) is 3.06. The molecule has 0 aromatic heterocycles. The van der Waals surface area contributed by atoms with Crippen LogP contribution in [-0.4, -0.2) is 16.7 Å². The predicted octanol–water partition coefficient (Wildman–Crippen LogP) is 2.95. The highest BCUT2D eigenvalue weighted by molar-refractivity contribution is 9.10. The van der Waals surface area contributed by atoms with E-state index >= 15 is 0 Å². The van der Waals surface area contributed by atoms with E-state index in [1.807, 2.05) is 0 Å². The number of benzene rings is 1. The Labute approximate surface area is 85.5 Å². The fourth-order valence-corrected chi connectivity index (χ4v) is 1.78. The van der Waals surface area contributed by atoms with Crippen LogP contribution in [0.15, 0.2) is 27.0 Å². The summed E-state index contributed by atoms with van der Waals surface area (Å²) < 4.78 is 28.3. The molecule has 0 N–H and O–H groups in total.